The Morgan fingerprint density at radius 3 is 1.39 bits per heavy atom. The van der Waals surface area contributed by atoms with Gasteiger partial charge >= 0.3 is 0 Å². The summed E-state index contributed by atoms with van der Waals surface area (Å²) in [4.78, 5) is 7.69. The Balaban J connectivity index is 0.976. The van der Waals surface area contributed by atoms with Crippen molar-refractivity contribution in [1.29, 1.82) is 0 Å². The molecule has 0 bridgehead atoms. The highest BCUT2D eigenvalue weighted by Crippen LogP contribution is 2.56. The number of rotatable bonds is 6. The van der Waals surface area contributed by atoms with Crippen molar-refractivity contribution in [3.8, 4) is 56.0 Å². The van der Waals surface area contributed by atoms with Crippen LogP contribution in [0.2, 0.25) is 0 Å². The van der Waals surface area contributed by atoms with E-state index in [2.05, 4.69) is 331 Å². The maximum atomic E-state index is 7.92. The fourth-order valence-corrected chi connectivity index (χ4v) is 15.8. The van der Waals surface area contributed by atoms with Crippen molar-refractivity contribution in [2.45, 2.75) is 71.6 Å². The highest BCUT2D eigenvalue weighted by Gasteiger charge is 2.49. The number of ether oxygens (including phenoxy) is 1. The van der Waals surface area contributed by atoms with E-state index in [-0.39, 0.29) is 29.7 Å². The molecule has 0 fully saturated rings. The summed E-state index contributed by atoms with van der Waals surface area (Å²) >= 11 is 0. The van der Waals surface area contributed by atoms with E-state index >= 15 is 0 Å². The normalized spacial score (nSPS) is 14.4. The predicted molar refractivity (Wildman–Crippen MR) is 378 cm³/mol. The molecule has 0 unspecified atom stereocenters. The molecule has 12 aromatic carbocycles. The summed E-state index contributed by atoms with van der Waals surface area (Å²) in [7, 11) is 0. The van der Waals surface area contributed by atoms with Crippen molar-refractivity contribution in [1.82, 2.24) is 0 Å². The van der Waals surface area contributed by atoms with Crippen molar-refractivity contribution >= 4 is 97.4 Å². The number of benzene rings is 12. The van der Waals surface area contributed by atoms with Gasteiger partial charge in [0.2, 0.25) is 0 Å². The lowest BCUT2D eigenvalue weighted by atomic mass is 9.30. The van der Waals surface area contributed by atoms with Gasteiger partial charge in [-0.2, -0.15) is 0 Å². The van der Waals surface area contributed by atoms with Crippen molar-refractivity contribution < 1.29 is 4.74 Å². The van der Waals surface area contributed by atoms with Crippen molar-refractivity contribution in [3.63, 3.8) is 0 Å². The minimum Gasteiger partial charge on any atom is -0.458 e. The van der Waals surface area contributed by atoms with Gasteiger partial charge in [0.1, 0.15) is 11.5 Å². The second kappa shape index (κ2) is 19.5. The van der Waals surface area contributed by atoms with Gasteiger partial charge in [-0.25, -0.2) is 0 Å². The summed E-state index contributed by atoms with van der Waals surface area (Å²) in [5.74, 6) is 1.74. The molecule has 1 aliphatic carbocycles. The van der Waals surface area contributed by atoms with Gasteiger partial charge < -0.3 is 19.4 Å². The molecule has 6 heteroatoms. The molecule has 0 radical (unpaired) electrons. The third-order valence-corrected chi connectivity index (χ3v) is 19.9. The molecule has 0 amide bonds. The van der Waals surface area contributed by atoms with Crippen LogP contribution in [0.3, 0.4) is 0 Å². The molecule has 0 saturated carbocycles. The summed E-state index contributed by atoms with van der Waals surface area (Å²) < 4.78 is 7.92. The Bertz CT molecular complexity index is 4830. The van der Waals surface area contributed by atoms with E-state index in [4.69, 9.17) is 4.74 Å². The minimum atomic E-state index is -0.263. The topological polar surface area (TPSA) is 19.0 Å². The van der Waals surface area contributed by atoms with Crippen molar-refractivity contribution in [2.75, 3.05) is 14.7 Å². The van der Waals surface area contributed by atoms with Crippen LogP contribution in [-0.4, -0.2) is 13.4 Å². The molecule has 17 rings (SSSR count). The quantitative estimate of drug-likeness (QED) is 0.154. The molecule has 4 heterocycles. The van der Waals surface area contributed by atoms with Gasteiger partial charge in [-0.15, -0.1) is 0 Å². The Morgan fingerprint density at radius 1 is 0.326 bits per heavy atom. The fraction of sp³-hybridized carbons (Fsp3) is 0.133. The van der Waals surface area contributed by atoms with E-state index in [0.29, 0.717) is 0 Å². The van der Waals surface area contributed by atoms with Gasteiger partial charge in [-0.1, -0.05) is 237 Å². The number of anilines is 9. The third-order valence-electron chi connectivity index (χ3n) is 19.9. The Labute approximate surface area is 524 Å². The summed E-state index contributed by atoms with van der Waals surface area (Å²) in [6, 6.07) is 98.3. The number of fused-ring (bicyclic) bond motifs is 11. The Morgan fingerprint density at radius 2 is 0.798 bits per heavy atom. The van der Waals surface area contributed by atoms with Gasteiger partial charge in [-0.05, 0) is 172 Å². The van der Waals surface area contributed by atoms with E-state index in [1.165, 1.54) is 106 Å². The predicted octanol–water partition coefficient (Wildman–Crippen LogP) is 18.1. The lowest BCUT2D eigenvalue weighted by Gasteiger charge is -2.46. The molecule has 4 aliphatic heterocycles. The van der Waals surface area contributed by atoms with Crippen molar-refractivity contribution in [2.24, 2.45) is 0 Å². The number of hydrogen-bond acceptors (Lipinski definition) is 4. The van der Waals surface area contributed by atoms with Crippen LogP contribution in [0.15, 0.2) is 261 Å². The molecule has 0 aromatic heterocycles. The average molecular weight is 1140 g/mol. The minimum absolute atomic E-state index is 0.0973. The highest BCUT2D eigenvalue weighted by atomic mass is 16.5. The second-order valence-electron chi connectivity index (χ2n) is 27.6. The standard InChI is InChI=1S/C83H67B2N3O/c1-81(2,3)55-46-62(52-28-13-9-14-29-52)80(63(47-55)53-30-15-10-16-31-53)88-70-43-26-24-41-66(70)85-68-50-67-71(51-75(68)89-76-45-54(44-72(88)79(76)85)59-37-27-38-61-60-36-21-22-39-64(60)83(7,8)77(59)61)87(58-34-19-12-20-35-58)74-49-56(82(4,5)6)48-73-78(74)84(67)65-40-23-25-42-69(65)86(73)57-32-17-11-18-33-57/h9-51H,1-8H3. The molecule has 0 atom stereocenters. The van der Waals surface area contributed by atoms with Crippen LogP contribution in [0.25, 0.3) is 44.5 Å². The molecule has 4 nitrogen and oxygen atoms in total. The molecule has 426 valence electrons. The lowest BCUT2D eigenvalue weighted by Crippen LogP contribution is -2.64. The molecule has 0 N–H and O–H groups in total. The highest BCUT2D eigenvalue weighted by molar-refractivity contribution is 7.02. The molecule has 0 spiro atoms. The first-order valence-corrected chi connectivity index (χ1v) is 31.6. The SMILES string of the molecule is CC(C)(C)c1cc(-c2ccccc2)c(N2c3ccccc3B3c4cc5c(cc4Oc4cc(-c6cccc7c6C(C)(C)c6ccccc6-7)cc2c43)N(c2ccccc2)c2cc(C(C)(C)C)cc3c2B5c2ccccc2N3c2ccccc2)c(-c2ccccc2)c1. The zero-order valence-corrected chi connectivity index (χ0v) is 51.7. The van der Waals surface area contributed by atoms with E-state index in [0.717, 1.165) is 56.6 Å². The lowest BCUT2D eigenvalue weighted by molar-refractivity contribution is 0.488. The number of hydrogen-bond donors (Lipinski definition) is 0. The summed E-state index contributed by atoms with van der Waals surface area (Å²) in [6.45, 7) is 18.6. The largest absolute Gasteiger partial charge is 0.458 e. The van der Waals surface area contributed by atoms with Crippen LogP contribution in [0.4, 0.5) is 51.2 Å². The molecular formula is C83H67B2N3O. The van der Waals surface area contributed by atoms with Gasteiger partial charge in [0, 0.05) is 68.1 Å². The van der Waals surface area contributed by atoms with E-state index in [1.807, 2.05) is 0 Å². The zero-order chi connectivity index (χ0) is 60.2. The van der Waals surface area contributed by atoms with Crippen LogP contribution < -0.4 is 52.2 Å². The first-order chi connectivity index (χ1) is 43.2. The van der Waals surface area contributed by atoms with Gasteiger partial charge in [0.25, 0.3) is 13.4 Å². The fourth-order valence-electron chi connectivity index (χ4n) is 15.8. The first kappa shape index (κ1) is 53.2. The maximum Gasteiger partial charge on any atom is 0.256 e. The van der Waals surface area contributed by atoms with Gasteiger partial charge in [0.15, 0.2) is 0 Å². The van der Waals surface area contributed by atoms with Gasteiger partial charge in [0.05, 0.1) is 5.69 Å². The van der Waals surface area contributed by atoms with E-state index in [9.17, 15) is 0 Å². The second-order valence-corrected chi connectivity index (χ2v) is 27.6. The van der Waals surface area contributed by atoms with Crippen molar-refractivity contribution in [3.05, 3.63) is 283 Å². The smallest absolute Gasteiger partial charge is 0.256 e. The van der Waals surface area contributed by atoms with Crippen LogP contribution in [0.5, 0.6) is 11.5 Å². The van der Waals surface area contributed by atoms with Crippen LogP contribution in [0, 0.1) is 0 Å². The molecule has 0 saturated heterocycles. The molecular weight excluding hydrogens is 1080 g/mol. The zero-order valence-electron chi connectivity index (χ0n) is 51.7. The van der Waals surface area contributed by atoms with E-state index in [1.54, 1.807) is 0 Å². The summed E-state index contributed by atoms with van der Waals surface area (Å²) in [5.41, 5.74) is 32.1. The first-order valence-electron chi connectivity index (χ1n) is 31.6. The van der Waals surface area contributed by atoms with Crippen LogP contribution in [0.1, 0.15) is 77.6 Å². The Kier molecular flexibility index (Phi) is 11.7. The summed E-state index contributed by atoms with van der Waals surface area (Å²) in [6.07, 6.45) is 0. The Hall–Kier alpha value is -10.0. The van der Waals surface area contributed by atoms with Crippen LogP contribution in [-0.2, 0) is 16.2 Å². The number of nitrogens with zero attached hydrogens (tertiary/aromatic N) is 3. The third kappa shape index (κ3) is 8.01. The van der Waals surface area contributed by atoms with Crippen LogP contribution >= 0.6 is 0 Å². The average Bonchev–Trinajstić information content (AvgIpc) is 1.21. The van der Waals surface area contributed by atoms with Gasteiger partial charge in [-0.3, -0.25) is 0 Å². The van der Waals surface area contributed by atoms with E-state index < -0.39 is 0 Å². The number of para-hydroxylation sites is 4. The molecule has 12 aromatic rings. The molecule has 89 heavy (non-hydrogen) atoms. The monoisotopic (exact) mass is 1140 g/mol. The molecule has 5 aliphatic rings. The summed E-state index contributed by atoms with van der Waals surface area (Å²) in [5, 5.41) is 0. The maximum absolute atomic E-state index is 7.92.